The van der Waals surface area contributed by atoms with Gasteiger partial charge in [0, 0.05) is 6.20 Å². The summed E-state index contributed by atoms with van der Waals surface area (Å²) in [5, 5.41) is 0.581. The van der Waals surface area contributed by atoms with Crippen molar-refractivity contribution in [1.29, 1.82) is 0 Å². The molecule has 0 aliphatic heterocycles. The highest BCUT2D eigenvalue weighted by molar-refractivity contribution is 7.15. The van der Waals surface area contributed by atoms with Gasteiger partial charge in [-0.1, -0.05) is 44.2 Å². The molecular formula is C14H18N2OS. The van der Waals surface area contributed by atoms with Crippen molar-refractivity contribution < 1.29 is 4.74 Å². The molecule has 0 amide bonds. The summed E-state index contributed by atoms with van der Waals surface area (Å²) in [6.45, 7) is 7.09. The van der Waals surface area contributed by atoms with Gasteiger partial charge in [0.25, 0.3) is 0 Å². The molecule has 0 bridgehead atoms. The van der Waals surface area contributed by atoms with Gasteiger partial charge < -0.3 is 10.5 Å². The number of thiazole rings is 1. The molecular weight excluding hydrogens is 244 g/mol. The Bertz CT molecular complexity index is 529. The van der Waals surface area contributed by atoms with E-state index in [-0.39, 0.29) is 5.41 Å². The van der Waals surface area contributed by atoms with Gasteiger partial charge in [-0.2, -0.15) is 0 Å². The zero-order valence-corrected chi connectivity index (χ0v) is 11.8. The molecule has 0 aliphatic rings. The summed E-state index contributed by atoms with van der Waals surface area (Å²) in [6, 6.07) is 8.21. The molecule has 4 heteroatoms. The molecule has 2 rings (SSSR count). The third-order valence-corrected chi connectivity index (χ3v) is 3.45. The third kappa shape index (κ3) is 3.23. The van der Waals surface area contributed by atoms with Gasteiger partial charge in [-0.25, -0.2) is 4.98 Å². The van der Waals surface area contributed by atoms with Gasteiger partial charge >= 0.3 is 0 Å². The number of aromatic nitrogens is 1. The Balaban J connectivity index is 2.06. The van der Waals surface area contributed by atoms with Gasteiger partial charge in [-0.15, -0.1) is 0 Å². The molecule has 0 aliphatic carbocycles. The van der Waals surface area contributed by atoms with Gasteiger partial charge in [-0.3, -0.25) is 0 Å². The monoisotopic (exact) mass is 262 g/mol. The van der Waals surface area contributed by atoms with Gasteiger partial charge in [0.05, 0.1) is 4.88 Å². The maximum absolute atomic E-state index is 5.76. The van der Waals surface area contributed by atoms with Crippen LogP contribution in [0.2, 0.25) is 0 Å². The van der Waals surface area contributed by atoms with Crippen LogP contribution in [0.5, 0.6) is 5.75 Å². The zero-order valence-electron chi connectivity index (χ0n) is 10.9. The van der Waals surface area contributed by atoms with Crippen LogP contribution in [0.3, 0.4) is 0 Å². The fraction of sp³-hybridized carbons (Fsp3) is 0.357. The van der Waals surface area contributed by atoms with Crippen LogP contribution in [0.15, 0.2) is 30.5 Å². The average Bonchev–Trinajstić information content (AvgIpc) is 2.72. The second-order valence-corrected chi connectivity index (χ2v) is 6.38. The lowest BCUT2D eigenvalue weighted by molar-refractivity contribution is 0.308. The fourth-order valence-electron chi connectivity index (χ4n) is 1.60. The minimum atomic E-state index is 0.133. The summed E-state index contributed by atoms with van der Waals surface area (Å²) in [5.74, 6) is 0.884. The smallest absolute Gasteiger partial charge is 0.180 e. The van der Waals surface area contributed by atoms with Gasteiger partial charge in [0.1, 0.15) is 12.4 Å². The lowest BCUT2D eigenvalue weighted by Gasteiger charge is -2.19. The number of nitrogens with zero attached hydrogens (tertiary/aromatic N) is 1. The molecule has 18 heavy (non-hydrogen) atoms. The summed E-state index contributed by atoms with van der Waals surface area (Å²) < 4.78 is 5.76. The summed E-state index contributed by atoms with van der Waals surface area (Å²) in [7, 11) is 0. The van der Waals surface area contributed by atoms with Crippen molar-refractivity contribution >= 4 is 16.5 Å². The van der Waals surface area contributed by atoms with Crippen molar-refractivity contribution in [2.45, 2.75) is 32.8 Å². The van der Waals surface area contributed by atoms with Crippen LogP contribution in [-0.4, -0.2) is 4.98 Å². The number of hydrogen-bond acceptors (Lipinski definition) is 4. The van der Waals surface area contributed by atoms with Crippen LogP contribution in [0.25, 0.3) is 0 Å². The molecule has 0 radical (unpaired) electrons. The van der Waals surface area contributed by atoms with Crippen molar-refractivity contribution in [3.05, 3.63) is 40.9 Å². The average molecular weight is 262 g/mol. The molecule has 3 nitrogen and oxygen atoms in total. The van der Waals surface area contributed by atoms with Gasteiger partial charge in [0.15, 0.2) is 5.13 Å². The molecule has 1 aromatic heterocycles. The molecule has 0 saturated carbocycles. The predicted octanol–water partition coefficient (Wildman–Crippen LogP) is 3.60. The van der Waals surface area contributed by atoms with Crippen LogP contribution >= 0.6 is 11.3 Å². The maximum atomic E-state index is 5.76. The van der Waals surface area contributed by atoms with E-state index in [1.165, 1.54) is 16.9 Å². The highest BCUT2D eigenvalue weighted by Gasteiger charge is 2.13. The molecule has 2 N–H and O–H groups in total. The number of nitrogens with two attached hydrogens (primary N) is 1. The quantitative estimate of drug-likeness (QED) is 0.919. The highest BCUT2D eigenvalue weighted by atomic mass is 32.1. The number of benzene rings is 1. The second-order valence-electron chi connectivity index (χ2n) is 5.23. The number of rotatable bonds is 3. The van der Waals surface area contributed by atoms with Crippen molar-refractivity contribution in [2.24, 2.45) is 0 Å². The number of anilines is 1. The Morgan fingerprint density at radius 1 is 1.33 bits per heavy atom. The van der Waals surface area contributed by atoms with E-state index >= 15 is 0 Å². The lowest BCUT2D eigenvalue weighted by Crippen LogP contribution is -2.10. The van der Waals surface area contributed by atoms with Gasteiger partial charge in [-0.05, 0) is 23.1 Å². The van der Waals surface area contributed by atoms with E-state index in [9.17, 15) is 0 Å². The Morgan fingerprint density at radius 3 is 2.72 bits per heavy atom. The molecule has 96 valence electrons. The summed E-state index contributed by atoms with van der Waals surface area (Å²) in [4.78, 5) is 5.04. The highest BCUT2D eigenvalue weighted by Crippen LogP contribution is 2.26. The maximum Gasteiger partial charge on any atom is 0.180 e. The third-order valence-electron chi connectivity index (χ3n) is 2.65. The largest absolute Gasteiger partial charge is 0.488 e. The first kappa shape index (κ1) is 12.9. The van der Waals surface area contributed by atoms with E-state index in [4.69, 9.17) is 10.5 Å². The zero-order chi connectivity index (χ0) is 13.2. The Morgan fingerprint density at radius 2 is 2.11 bits per heavy atom. The molecule has 0 saturated heterocycles. The van der Waals surface area contributed by atoms with Crippen molar-refractivity contribution in [2.75, 3.05) is 5.73 Å². The normalized spacial score (nSPS) is 11.5. The van der Waals surface area contributed by atoms with Crippen molar-refractivity contribution in [3.63, 3.8) is 0 Å². The van der Waals surface area contributed by atoms with Crippen LogP contribution in [0.4, 0.5) is 5.13 Å². The molecule has 1 heterocycles. The van der Waals surface area contributed by atoms with E-state index < -0.39 is 0 Å². The van der Waals surface area contributed by atoms with Crippen LogP contribution in [0.1, 0.15) is 31.2 Å². The SMILES string of the molecule is CC(C)(C)c1cccc(OCc2cnc(N)s2)c1. The minimum absolute atomic E-state index is 0.133. The van der Waals surface area contributed by atoms with Crippen molar-refractivity contribution in [1.82, 2.24) is 4.98 Å². The molecule has 2 aromatic rings. The fourth-order valence-corrected chi connectivity index (χ4v) is 2.19. The first-order chi connectivity index (χ1) is 8.45. The summed E-state index contributed by atoms with van der Waals surface area (Å²) >= 11 is 1.46. The van der Waals surface area contributed by atoms with Crippen LogP contribution in [0, 0.1) is 0 Å². The Labute approximate surface area is 112 Å². The van der Waals surface area contributed by atoms with E-state index in [2.05, 4.69) is 37.9 Å². The van der Waals surface area contributed by atoms with Crippen LogP contribution in [-0.2, 0) is 12.0 Å². The van der Waals surface area contributed by atoms with Crippen LogP contribution < -0.4 is 10.5 Å². The summed E-state index contributed by atoms with van der Waals surface area (Å²) in [6.07, 6.45) is 1.76. The molecule has 0 spiro atoms. The number of nitrogen functional groups attached to an aromatic ring is 1. The van der Waals surface area contributed by atoms with Gasteiger partial charge in [0.2, 0.25) is 0 Å². The number of hydrogen-bond donors (Lipinski definition) is 1. The molecule has 0 atom stereocenters. The Hall–Kier alpha value is -1.55. The van der Waals surface area contributed by atoms with E-state index in [1.54, 1.807) is 6.20 Å². The van der Waals surface area contributed by atoms with E-state index in [0.717, 1.165) is 10.6 Å². The first-order valence-corrected chi connectivity index (χ1v) is 6.70. The lowest BCUT2D eigenvalue weighted by atomic mass is 9.87. The Kier molecular flexibility index (Phi) is 3.57. The minimum Gasteiger partial charge on any atom is -0.488 e. The second kappa shape index (κ2) is 4.98. The molecule has 0 unspecified atom stereocenters. The molecule has 0 fully saturated rings. The molecule has 1 aromatic carbocycles. The van der Waals surface area contributed by atoms with E-state index in [0.29, 0.717) is 11.7 Å². The predicted molar refractivity (Wildman–Crippen MR) is 76.0 cm³/mol. The first-order valence-electron chi connectivity index (χ1n) is 5.89. The topological polar surface area (TPSA) is 48.1 Å². The summed E-state index contributed by atoms with van der Waals surface area (Å²) in [5.41, 5.74) is 6.98. The van der Waals surface area contributed by atoms with Crippen molar-refractivity contribution in [3.8, 4) is 5.75 Å². The number of ether oxygens (including phenoxy) is 1. The standard InChI is InChI=1S/C14H18N2OS/c1-14(2,3)10-5-4-6-11(7-10)17-9-12-8-16-13(15)18-12/h4-8H,9H2,1-3H3,(H2,15,16). The van der Waals surface area contributed by atoms with E-state index in [1.807, 2.05) is 12.1 Å².